The minimum Gasteiger partial charge on any atom is -0.506 e. The van der Waals surface area contributed by atoms with Crippen molar-refractivity contribution in [3.8, 4) is 5.75 Å². The van der Waals surface area contributed by atoms with Crippen LogP contribution in [0.4, 0.5) is 11.4 Å². The van der Waals surface area contributed by atoms with Crippen LogP contribution in [-0.2, 0) is 9.53 Å². The van der Waals surface area contributed by atoms with E-state index in [1.54, 1.807) is 7.11 Å². The summed E-state index contributed by atoms with van der Waals surface area (Å²) in [6.07, 6.45) is 1.03. The molecule has 8 heteroatoms. The number of amides is 1. The van der Waals surface area contributed by atoms with E-state index in [4.69, 9.17) is 10.5 Å². The number of carbonyl (C=O) groups is 1. The number of phenols is 1. The van der Waals surface area contributed by atoms with E-state index in [0.717, 1.165) is 18.2 Å². The van der Waals surface area contributed by atoms with Crippen LogP contribution in [0.5, 0.6) is 5.75 Å². The Labute approximate surface area is 115 Å². The SMILES string of the molecule is COCCCC(N)C(=O)Nc1cc([N+](=O)[O-])ccc1O. The molecule has 1 aromatic carbocycles. The molecule has 0 aliphatic rings. The number of nitro groups is 1. The lowest BCUT2D eigenvalue weighted by molar-refractivity contribution is -0.384. The van der Waals surface area contributed by atoms with Crippen LogP contribution in [0, 0.1) is 10.1 Å². The maximum absolute atomic E-state index is 11.8. The van der Waals surface area contributed by atoms with Gasteiger partial charge in [-0.1, -0.05) is 0 Å². The van der Waals surface area contributed by atoms with Gasteiger partial charge >= 0.3 is 0 Å². The van der Waals surface area contributed by atoms with E-state index in [9.17, 15) is 20.0 Å². The fraction of sp³-hybridized carbons (Fsp3) is 0.417. The smallest absolute Gasteiger partial charge is 0.271 e. The molecule has 8 nitrogen and oxygen atoms in total. The van der Waals surface area contributed by atoms with Crippen molar-refractivity contribution < 1.29 is 19.6 Å². The molecule has 0 heterocycles. The van der Waals surface area contributed by atoms with E-state index in [2.05, 4.69) is 5.32 Å². The van der Waals surface area contributed by atoms with Crippen molar-refractivity contribution >= 4 is 17.3 Å². The van der Waals surface area contributed by atoms with Gasteiger partial charge in [-0.05, 0) is 18.9 Å². The molecular weight excluding hydrogens is 266 g/mol. The van der Waals surface area contributed by atoms with Gasteiger partial charge < -0.3 is 20.9 Å². The lowest BCUT2D eigenvalue weighted by Crippen LogP contribution is -2.35. The normalized spacial score (nSPS) is 11.9. The minimum absolute atomic E-state index is 0.0357. The molecule has 1 aromatic rings. The molecule has 0 aliphatic heterocycles. The number of benzene rings is 1. The van der Waals surface area contributed by atoms with Crippen molar-refractivity contribution in [1.29, 1.82) is 0 Å². The summed E-state index contributed by atoms with van der Waals surface area (Å²) in [7, 11) is 1.55. The van der Waals surface area contributed by atoms with Crippen LogP contribution < -0.4 is 11.1 Å². The van der Waals surface area contributed by atoms with Crippen LogP contribution >= 0.6 is 0 Å². The van der Waals surface area contributed by atoms with Gasteiger partial charge in [-0.15, -0.1) is 0 Å². The summed E-state index contributed by atoms with van der Waals surface area (Å²) in [5.41, 5.74) is 5.40. The average Bonchev–Trinajstić information content (AvgIpc) is 2.41. The van der Waals surface area contributed by atoms with Crippen LogP contribution in [0.2, 0.25) is 0 Å². The Morgan fingerprint density at radius 3 is 2.90 bits per heavy atom. The highest BCUT2D eigenvalue weighted by Gasteiger charge is 2.17. The third-order valence-electron chi connectivity index (χ3n) is 2.65. The third-order valence-corrected chi connectivity index (χ3v) is 2.65. The zero-order chi connectivity index (χ0) is 15.1. The molecule has 0 saturated heterocycles. The summed E-state index contributed by atoms with van der Waals surface area (Å²) in [6.45, 7) is 0.489. The number of hydrogen-bond donors (Lipinski definition) is 3. The highest BCUT2D eigenvalue weighted by atomic mass is 16.6. The Hall–Kier alpha value is -2.19. The number of aromatic hydroxyl groups is 1. The lowest BCUT2D eigenvalue weighted by Gasteiger charge is -2.12. The lowest BCUT2D eigenvalue weighted by atomic mass is 10.1. The fourth-order valence-corrected chi connectivity index (χ4v) is 1.54. The summed E-state index contributed by atoms with van der Waals surface area (Å²) < 4.78 is 4.85. The Balaban J connectivity index is 2.69. The molecule has 0 radical (unpaired) electrons. The predicted octanol–water partition coefficient (Wildman–Crippen LogP) is 0.993. The first-order valence-electron chi connectivity index (χ1n) is 5.98. The van der Waals surface area contributed by atoms with E-state index in [0.29, 0.717) is 19.4 Å². The predicted molar refractivity (Wildman–Crippen MR) is 72.5 cm³/mol. The van der Waals surface area contributed by atoms with Crippen molar-refractivity contribution in [1.82, 2.24) is 0 Å². The van der Waals surface area contributed by atoms with Gasteiger partial charge in [0.15, 0.2) is 0 Å². The van der Waals surface area contributed by atoms with Crippen molar-refractivity contribution in [2.24, 2.45) is 5.73 Å². The summed E-state index contributed by atoms with van der Waals surface area (Å²) >= 11 is 0. The number of nitrogens with zero attached hydrogens (tertiary/aromatic N) is 1. The average molecular weight is 283 g/mol. The Morgan fingerprint density at radius 2 is 2.30 bits per heavy atom. The van der Waals surface area contributed by atoms with E-state index in [1.165, 1.54) is 0 Å². The number of phenolic OH excluding ortho intramolecular Hbond substituents is 1. The van der Waals surface area contributed by atoms with Crippen LogP contribution in [0.1, 0.15) is 12.8 Å². The van der Waals surface area contributed by atoms with Gasteiger partial charge in [-0.2, -0.15) is 0 Å². The Bertz CT molecular complexity index is 492. The molecule has 4 N–H and O–H groups in total. The Kier molecular flexibility index (Phi) is 5.88. The first-order chi connectivity index (χ1) is 9.45. The molecule has 0 fully saturated rings. The molecule has 0 bridgehead atoms. The van der Waals surface area contributed by atoms with E-state index in [1.807, 2.05) is 0 Å². The van der Waals surface area contributed by atoms with Crippen LogP contribution in [0.25, 0.3) is 0 Å². The number of nitrogens with one attached hydrogen (secondary N) is 1. The number of carbonyl (C=O) groups excluding carboxylic acids is 1. The van der Waals surface area contributed by atoms with Crippen LogP contribution in [0.15, 0.2) is 18.2 Å². The van der Waals surface area contributed by atoms with Crippen molar-refractivity contribution in [2.45, 2.75) is 18.9 Å². The molecule has 1 rings (SSSR count). The molecule has 110 valence electrons. The number of ether oxygens (including phenoxy) is 1. The second-order valence-electron chi connectivity index (χ2n) is 4.19. The van der Waals surface area contributed by atoms with Gasteiger partial charge in [0.05, 0.1) is 16.7 Å². The van der Waals surface area contributed by atoms with E-state index in [-0.39, 0.29) is 17.1 Å². The third kappa shape index (κ3) is 4.48. The molecule has 0 spiro atoms. The second kappa shape index (κ2) is 7.41. The molecule has 0 aliphatic carbocycles. The number of methoxy groups -OCH3 is 1. The van der Waals surface area contributed by atoms with Gasteiger partial charge in [-0.25, -0.2) is 0 Å². The monoisotopic (exact) mass is 283 g/mol. The summed E-state index contributed by atoms with van der Waals surface area (Å²) in [5, 5.41) is 22.6. The van der Waals surface area contributed by atoms with E-state index < -0.39 is 16.9 Å². The number of hydrogen-bond acceptors (Lipinski definition) is 6. The van der Waals surface area contributed by atoms with Gasteiger partial charge in [-0.3, -0.25) is 14.9 Å². The van der Waals surface area contributed by atoms with Crippen molar-refractivity contribution in [3.05, 3.63) is 28.3 Å². The molecule has 1 atom stereocenters. The van der Waals surface area contributed by atoms with Crippen LogP contribution in [-0.4, -0.2) is 35.7 Å². The quantitative estimate of drug-likeness (QED) is 0.296. The zero-order valence-electron chi connectivity index (χ0n) is 11.0. The maximum atomic E-state index is 11.8. The highest BCUT2D eigenvalue weighted by Crippen LogP contribution is 2.27. The molecular formula is C12H17N3O5. The van der Waals surface area contributed by atoms with Crippen LogP contribution in [0.3, 0.4) is 0 Å². The number of anilines is 1. The van der Waals surface area contributed by atoms with Gasteiger partial charge in [0.1, 0.15) is 5.75 Å². The zero-order valence-corrected chi connectivity index (χ0v) is 11.0. The van der Waals surface area contributed by atoms with Gasteiger partial charge in [0, 0.05) is 25.8 Å². The molecule has 1 unspecified atom stereocenters. The topological polar surface area (TPSA) is 128 Å². The minimum atomic E-state index is -0.774. The standard InChI is InChI=1S/C12H17N3O5/c1-20-6-2-3-9(13)12(17)14-10-7-8(15(18)19)4-5-11(10)16/h4-5,7,9,16H,2-3,6,13H2,1H3,(H,14,17). The fourth-order valence-electron chi connectivity index (χ4n) is 1.54. The summed E-state index contributed by atoms with van der Waals surface area (Å²) in [6, 6.07) is 2.59. The van der Waals surface area contributed by atoms with Crippen molar-refractivity contribution in [2.75, 3.05) is 19.0 Å². The highest BCUT2D eigenvalue weighted by molar-refractivity contribution is 5.96. The largest absolute Gasteiger partial charge is 0.506 e. The molecule has 0 aromatic heterocycles. The number of nitrogens with two attached hydrogens (primary N) is 1. The molecule has 1 amide bonds. The first kappa shape index (κ1) is 15.9. The van der Waals surface area contributed by atoms with E-state index >= 15 is 0 Å². The number of rotatable bonds is 7. The maximum Gasteiger partial charge on any atom is 0.271 e. The van der Waals surface area contributed by atoms with Crippen molar-refractivity contribution in [3.63, 3.8) is 0 Å². The molecule has 0 saturated carbocycles. The number of non-ortho nitro benzene ring substituents is 1. The number of nitro benzene ring substituents is 1. The summed E-state index contributed by atoms with van der Waals surface area (Å²) in [4.78, 5) is 21.8. The molecule has 20 heavy (non-hydrogen) atoms. The summed E-state index contributed by atoms with van der Waals surface area (Å²) in [5.74, 6) is -0.773. The van der Waals surface area contributed by atoms with Gasteiger partial charge in [0.2, 0.25) is 5.91 Å². The Morgan fingerprint density at radius 1 is 1.60 bits per heavy atom. The second-order valence-corrected chi connectivity index (χ2v) is 4.19. The first-order valence-corrected chi connectivity index (χ1v) is 5.98. The van der Waals surface area contributed by atoms with Gasteiger partial charge in [0.25, 0.3) is 5.69 Å².